The van der Waals surface area contributed by atoms with Crippen LogP contribution in [-0.2, 0) is 14.3 Å². The number of hydrogen-bond acceptors (Lipinski definition) is 6. The normalized spacial score (nSPS) is 20.2. The number of fused-ring (bicyclic) bond motifs is 1. The van der Waals surface area contributed by atoms with Gasteiger partial charge in [0.1, 0.15) is 5.75 Å². The Kier molecular flexibility index (Phi) is 9.45. The number of carboxylic acid groups (broad SMARTS) is 2. The molecule has 2 aromatic carbocycles. The molecule has 10 nitrogen and oxygen atoms in total. The van der Waals surface area contributed by atoms with Crippen LogP contribution in [0, 0.1) is 5.92 Å². The minimum atomic E-state index is -1.26. The Hall–Kier alpha value is -3.60. The van der Waals surface area contributed by atoms with E-state index >= 15 is 0 Å². The Labute approximate surface area is 230 Å². The molecule has 2 saturated heterocycles. The smallest absolute Gasteiger partial charge is 0.328 e. The Morgan fingerprint density at radius 2 is 1.77 bits per heavy atom. The van der Waals surface area contributed by atoms with Crippen LogP contribution in [0.25, 0.3) is 11.0 Å². The van der Waals surface area contributed by atoms with Crippen molar-refractivity contribution in [2.75, 3.05) is 33.4 Å². The molecule has 3 aromatic rings. The zero-order valence-corrected chi connectivity index (χ0v) is 22.3. The standard InChI is InChI=1S/C24H28ClN3O3.C4H4O4/c1-30-20-5-2-17(3-6-20)23-12-16(15-31-23)14-27-10-8-19(9-11-27)28-22-7-4-18(25)13-21(22)26-24(28)29;5-3(6)1-2-4(7)8/h2-7,13,16,19,23H,8-12,14-15H2,1H3,(H,26,29);1-2H,(H,5,6)(H,7,8). The Morgan fingerprint density at radius 3 is 2.38 bits per heavy atom. The van der Waals surface area contributed by atoms with Gasteiger partial charge in [-0.2, -0.15) is 0 Å². The van der Waals surface area contributed by atoms with Crippen molar-refractivity contribution in [3.05, 3.63) is 75.7 Å². The average Bonchev–Trinajstić information content (AvgIpc) is 3.51. The fourth-order valence-corrected chi connectivity index (χ4v) is 5.37. The van der Waals surface area contributed by atoms with E-state index in [0.29, 0.717) is 23.1 Å². The largest absolute Gasteiger partial charge is 0.497 e. The number of methoxy groups -OCH3 is 1. The molecule has 0 bridgehead atoms. The van der Waals surface area contributed by atoms with Crippen molar-refractivity contribution in [1.29, 1.82) is 0 Å². The molecule has 2 aliphatic heterocycles. The molecule has 208 valence electrons. The first-order valence-electron chi connectivity index (χ1n) is 12.7. The van der Waals surface area contributed by atoms with Gasteiger partial charge in [-0.1, -0.05) is 23.7 Å². The lowest BCUT2D eigenvalue weighted by atomic mass is 9.98. The highest BCUT2D eigenvalue weighted by molar-refractivity contribution is 6.31. The van der Waals surface area contributed by atoms with Crippen molar-refractivity contribution in [2.24, 2.45) is 5.92 Å². The number of carbonyl (C=O) groups is 2. The fraction of sp³-hybridized carbons (Fsp3) is 0.393. The van der Waals surface area contributed by atoms with Crippen LogP contribution in [0.5, 0.6) is 5.75 Å². The van der Waals surface area contributed by atoms with Crippen LogP contribution >= 0.6 is 11.6 Å². The van der Waals surface area contributed by atoms with E-state index in [-0.39, 0.29) is 17.8 Å². The second-order valence-electron chi connectivity index (χ2n) is 9.70. The molecule has 39 heavy (non-hydrogen) atoms. The molecule has 2 atom stereocenters. The molecule has 0 amide bonds. The number of aliphatic carboxylic acids is 2. The van der Waals surface area contributed by atoms with Crippen LogP contribution < -0.4 is 10.4 Å². The number of halogens is 1. The number of nitrogens with zero attached hydrogens (tertiary/aromatic N) is 2. The van der Waals surface area contributed by atoms with Crippen molar-refractivity contribution < 1.29 is 29.3 Å². The highest BCUT2D eigenvalue weighted by Crippen LogP contribution is 2.34. The number of rotatable bonds is 7. The van der Waals surface area contributed by atoms with E-state index in [2.05, 4.69) is 22.0 Å². The highest BCUT2D eigenvalue weighted by atomic mass is 35.5. The van der Waals surface area contributed by atoms with Gasteiger partial charge in [-0.25, -0.2) is 14.4 Å². The number of piperidine rings is 1. The molecular formula is C28H32ClN3O7. The van der Waals surface area contributed by atoms with E-state index in [0.717, 1.165) is 62.3 Å². The first-order chi connectivity index (χ1) is 18.7. The summed E-state index contributed by atoms with van der Waals surface area (Å²) < 4.78 is 13.3. The highest BCUT2D eigenvalue weighted by Gasteiger charge is 2.30. The summed E-state index contributed by atoms with van der Waals surface area (Å²) in [7, 11) is 1.69. The number of likely N-dealkylation sites (tertiary alicyclic amines) is 1. The maximum absolute atomic E-state index is 12.5. The van der Waals surface area contributed by atoms with Crippen molar-refractivity contribution in [3.8, 4) is 5.75 Å². The van der Waals surface area contributed by atoms with Gasteiger partial charge in [-0.05, 0) is 61.1 Å². The van der Waals surface area contributed by atoms with Gasteiger partial charge in [0.25, 0.3) is 0 Å². The van der Waals surface area contributed by atoms with Gasteiger partial charge in [0, 0.05) is 42.9 Å². The molecule has 0 spiro atoms. The second-order valence-corrected chi connectivity index (χ2v) is 10.1. The summed E-state index contributed by atoms with van der Waals surface area (Å²) >= 11 is 6.08. The Balaban J connectivity index is 0.000000386. The number of hydrogen-bond donors (Lipinski definition) is 3. The van der Waals surface area contributed by atoms with Gasteiger partial charge in [0.15, 0.2) is 0 Å². The van der Waals surface area contributed by atoms with E-state index < -0.39 is 11.9 Å². The molecule has 0 aliphatic carbocycles. The lowest BCUT2D eigenvalue weighted by molar-refractivity contribution is -0.134. The van der Waals surface area contributed by atoms with Crippen molar-refractivity contribution >= 4 is 34.6 Å². The fourth-order valence-electron chi connectivity index (χ4n) is 5.20. The number of ether oxygens (including phenoxy) is 2. The van der Waals surface area contributed by atoms with Crippen molar-refractivity contribution in [2.45, 2.75) is 31.4 Å². The average molecular weight is 558 g/mol. The molecule has 2 fully saturated rings. The van der Waals surface area contributed by atoms with E-state index in [1.165, 1.54) is 5.56 Å². The van der Waals surface area contributed by atoms with Gasteiger partial charge in [-0.15, -0.1) is 0 Å². The molecular weight excluding hydrogens is 526 g/mol. The quantitative estimate of drug-likeness (QED) is 0.369. The molecule has 1 aromatic heterocycles. The molecule has 3 N–H and O–H groups in total. The third-order valence-corrected chi connectivity index (χ3v) is 7.29. The van der Waals surface area contributed by atoms with Gasteiger partial charge in [0.2, 0.25) is 0 Å². The molecule has 0 radical (unpaired) electrons. The van der Waals surface area contributed by atoms with Crippen LogP contribution in [0.15, 0.2) is 59.4 Å². The number of H-pyrrole nitrogens is 1. The minimum absolute atomic E-state index is 0.0396. The topological polar surface area (TPSA) is 134 Å². The number of aromatic nitrogens is 2. The minimum Gasteiger partial charge on any atom is -0.497 e. The summed E-state index contributed by atoms with van der Waals surface area (Å²) in [4.78, 5) is 37.1. The lowest BCUT2D eigenvalue weighted by Gasteiger charge is -2.33. The van der Waals surface area contributed by atoms with Crippen LogP contribution in [0.3, 0.4) is 0 Å². The summed E-state index contributed by atoms with van der Waals surface area (Å²) in [5.74, 6) is -1.10. The second kappa shape index (κ2) is 13.0. The lowest BCUT2D eigenvalue weighted by Crippen LogP contribution is -2.39. The molecule has 11 heteroatoms. The molecule has 5 rings (SSSR count). The summed E-state index contributed by atoms with van der Waals surface area (Å²) in [6.07, 6.45) is 4.29. The van der Waals surface area contributed by atoms with E-state index in [1.54, 1.807) is 7.11 Å². The predicted octanol–water partition coefficient (Wildman–Crippen LogP) is 4.12. The molecule has 2 aliphatic rings. The summed E-state index contributed by atoms with van der Waals surface area (Å²) in [6.45, 7) is 3.86. The van der Waals surface area contributed by atoms with E-state index in [9.17, 15) is 14.4 Å². The van der Waals surface area contributed by atoms with Gasteiger partial charge in [-0.3, -0.25) is 4.57 Å². The molecule has 2 unspecified atom stereocenters. The predicted molar refractivity (Wildman–Crippen MR) is 146 cm³/mol. The van der Waals surface area contributed by atoms with E-state index in [4.69, 9.17) is 31.3 Å². The first-order valence-corrected chi connectivity index (χ1v) is 13.1. The summed E-state index contributed by atoms with van der Waals surface area (Å²) in [5.41, 5.74) is 2.94. The van der Waals surface area contributed by atoms with Crippen LogP contribution in [0.4, 0.5) is 0 Å². The van der Waals surface area contributed by atoms with Gasteiger partial charge >= 0.3 is 17.6 Å². The first kappa shape index (κ1) is 28.4. The van der Waals surface area contributed by atoms with Gasteiger partial charge in [0.05, 0.1) is 30.9 Å². The Bertz CT molecular complexity index is 1360. The third-order valence-electron chi connectivity index (χ3n) is 7.05. The maximum Gasteiger partial charge on any atom is 0.328 e. The molecule has 3 heterocycles. The zero-order chi connectivity index (χ0) is 27.9. The number of carboxylic acids is 2. The monoisotopic (exact) mass is 557 g/mol. The number of nitrogens with one attached hydrogen (secondary N) is 1. The summed E-state index contributed by atoms with van der Waals surface area (Å²) in [6, 6.07) is 14.0. The SMILES string of the molecule is COc1ccc(C2CC(CN3CCC(n4c(=O)[nH]c5cc(Cl)ccc54)CC3)CO2)cc1.O=C(O)C=CC(=O)O. The number of benzene rings is 2. The maximum atomic E-state index is 12.5. The van der Waals surface area contributed by atoms with Crippen LogP contribution in [0.2, 0.25) is 5.02 Å². The molecule has 0 saturated carbocycles. The van der Waals surface area contributed by atoms with E-state index in [1.807, 2.05) is 34.9 Å². The third kappa shape index (κ3) is 7.50. The summed E-state index contributed by atoms with van der Waals surface area (Å²) in [5, 5.41) is 16.3. The number of aromatic amines is 1. The van der Waals surface area contributed by atoms with Crippen LogP contribution in [-0.4, -0.2) is 70.0 Å². The van der Waals surface area contributed by atoms with Crippen molar-refractivity contribution in [1.82, 2.24) is 14.5 Å². The van der Waals surface area contributed by atoms with Crippen molar-refractivity contribution in [3.63, 3.8) is 0 Å². The van der Waals surface area contributed by atoms with Crippen LogP contribution in [0.1, 0.15) is 37.0 Å². The Morgan fingerprint density at radius 1 is 1.10 bits per heavy atom. The zero-order valence-electron chi connectivity index (χ0n) is 21.6. The van der Waals surface area contributed by atoms with Gasteiger partial charge < -0.3 is 29.6 Å². The number of imidazole rings is 1.